The van der Waals surface area contributed by atoms with E-state index in [1.54, 1.807) is 37.6 Å². The van der Waals surface area contributed by atoms with Crippen molar-refractivity contribution in [2.75, 3.05) is 43.6 Å². The Kier molecular flexibility index (Phi) is 6.13. The molecule has 2 aromatic rings. The lowest BCUT2D eigenvalue weighted by Gasteiger charge is -2.28. The number of amides is 1. The third-order valence-electron chi connectivity index (χ3n) is 4.15. The molecule has 0 saturated carbocycles. The third kappa shape index (κ3) is 4.89. The summed E-state index contributed by atoms with van der Waals surface area (Å²) in [5.74, 6) is 1.37. The maximum atomic E-state index is 12.5. The number of rotatable bonds is 6. The van der Waals surface area contributed by atoms with E-state index in [9.17, 15) is 4.79 Å². The van der Waals surface area contributed by atoms with Gasteiger partial charge in [-0.25, -0.2) is 4.98 Å². The average molecular weight is 371 g/mol. The van der Waals surface area contributed by atoms with Crippen LogP contribution in [0.25, 0.3) is 0 Å². The molecule has 1 amide bonds. The second kappa shape index (κ2) is 8.73. The molecule has 7 nitrogen and oxygen atoms in total. The van der Waals surface area contributed by atoms with Crippen LogP contribution in [-0.2, 0) is 4.74 Å². The van der Waals surface area contributed by atoms with Crippen molar-refractivity contribution in [1.82, 2.24) is 4.98 Å². The van der Waals surface area contributed by atoms with Gasteiger partial charge < -0.3 is 24.4 Å². The fourth-order valence-corrected chi connectivity index (χ4v) is 2.82. The lowest BCUT2D eigenvalue weighted by atomic mass is 10.2. The Hall–Kier alpha value is -2.80. The molecule has 0 aliphatic carbocycles. The number of hydrogen-bond donors (Lipinski definition) is 1. The van der Waals surface area contributed by atoms with Gasteiger partial charge in [0.1, 0.15) is 5.82 Å². The largest absolute Gasteiger partial charge is 0.493 e. The zero-order valence-corrected chi connectivity index (χ0v) is 15.9. The smallest absolute Gasteiger partial charge is 0.256 e. The van der Waals surface area contributed by atoms with Gasteiger partial charge in [-0.3, -0.25) is 4.79 Å². The second-order valence-electron chi connectivity index (χ2n) is 6.49. The fourth-order valence-electron chi connectivity index (χ4n) is 2.82. The lowest BCUT2D eigenvalue weighted by molar-refractivity contribution is 0.102. The van der Waals surface area contributed by atoms with Crippen LogP contribution in [0.1, 0.15) is 24.2 Å². The molecular formula is C20H25N3O4. The Morgan fingerprint density at radius 3 is 2.59 bits per heavy atom. The molecule has 27 heavy (non-hydrogen) atoms. The highest BCUT2D eigenvalue weighted by molar-refractivity contribution is 6.04. The van der Waals surface area contributed by atoms with Crippen LogP contribution in [0.5, 0.6) is 11.5 Å². The molecule has 1 aromatic heterocycles. The minimum absolute atomic E-state index is 0.0211. The third-order valence-corrected chi connectivity index (χ3v) is 4.15. The van der Waals surface area contributed by atoms with Crippen molar-refractivity contribution in [3.63, 3.8) is 0 Å². The van der Waals surface area contributed by atoms with E-state index in [0.717, 1.165) is 32.0 Å². The van der Waals surface area contributed by atoms with Crippen LogP contribution in [0.3, 0.4) is 0 Å². The van der Waals surface area contributed by atoms with E-state index < -0.39 is 0 Å². The highest BCUT2D eigenvalue weighted by atomic mass is 16.5. The summed E-state index contributed by atoms with van der Waals surface area (Å²) in [5, 5.41) is 2.81. The molecule has 0 bridgehead atoms. The summed E-state index contributed by atoms with van der Waals surface area (Å²) in [6, 6.07) is 8.86. The van der Waals surface area contributed by atoms with Gasteiger partial charge in [-0.2, -0.15) is 0 Å². The van der Waals surface area contributed by atoms with E-state index in [1.165, 1.54) is 0 Å². The van der Waals surface area contributed by atoms with Gasteiger partial charge in [-0.15, -0.1) is 0 Å². The molecular weight excluding hydrogens is 346 g/mol. The van der Waals surface area contributed by atoms with Crippen LogP contribution in [0.4, 0.5) is 11.5 Å². The predicted molar refractivity (Wildman–Crippen MR) is 104 cm³/mol. The molecule has 1 aromatic carbocycles. The van der Waals surface area contributed by atoms with E-state index in [1.807, 2.05) is 19.9 Å². The Morgan fingerprint density at radius 2 is 1.96 bits per heavy atom. The second-order valence-corrected chi connectivity index (χ2v) is 6.49. The van der Waals surface area contributed by atoms with Gasteiger partial charge in [0.25, 0.3) is 5.91 Å². The fraction of sp³-hybridized carbons (Fsp3) is 0.400. The van der Waals surface area contributed by atoms with Crippen LogP contribution >= 0.6 is 0 Å². The number of benzene rings is 1. The number of carbonyl (C=O) groups is 1. The number of anilines is 2. The van der Waals surface area contributed by atoms with E-state index in [4.69, 9.17) is 14.2 Å². The molecule has 1 aliphatic rings. The van der Waals surface area contributed by atoms with E-state index >= 15 is 0 Å². The van der Waals surface area contributed by atoms with Crippen molar-refractivity contribution in [1.29, 1.82) is 0 Å². The first kappa shape index (κ1) is 19.0. The molecule has 1 fully saturated rings. The number of morpholine rings is 1. The van der Waals surface area contributed by atoms with Crippen LogP contribution in [0.15, 0.2) is 36.5 Å². The highest BCUT2D eigenvalue weighted by Gasteiger charge is 2.14. The average Bonchev–Trinajstić information content (AvgIpc) is 2.69. The molecule has 1 saturated heterocycles. The highest BCUT2D eigenvalue weighted by Crippen LogP contribution is 2.29. The molecule has 1 aliphatic heterocycles. The van der Waals surface area contributed by atoms with Crippen LogP contribution in [0, 0.1) is 0 Å². The first-order valence-electron chi connectivity index (χ1n) is 9.01. The lowest BCUT2D eigenvalue weighted by Crippen LogP contribution is -2.36. The molecule has 144 valence electrons. The first-order valence-corrected chi connectivity index (χ1v) is 9.01. The number of nitrogens with zero attached hydrogens (tertiary/aromatic N) is 2. The Bertz CT molecular complexity index is 771. The van der Waals surface area contributed by atoms with Crippen LogP contribution in [0.2, 0.25) is 0 Å². The van der Waals surface area contributed by atoms with Gasteiger partial charge in [0.2, 0.25) is 0 Å². The van der Waals surface area contributed by atoms with Crippen molar-refractivity contribution >= 4 is 17.4 Å². The van der Waals surface area contributed by atoms with Crippen molar-refractivity contribution in [3.8, 4) is 11.5 Å². The molecule has 0 atom stereocenters. The van der Waals surface area contributed by atoms with Gasteiger partial charge in [0, 0.05) is 18.7 Å². The number of pyridine rings is 1. The normalized spacial score (nSPS) is 14.1. The first-order chi connectivity index (χ1) is 13.1. The summed E-state index contributed by atoms with van der Waals surface area (Å²) < 4.78 is 16.4. The summed E-state index contributed by atoms with van der Waals surface area (Å²) in [4.78, 5) is 19.1. The van der Waals surface area contributed by atoms with E-state index in [0.29, 0.717) is 22.9 Å². The zero-order chi connectivity index (χ0) is 19.2. The molecule has 3 rings (SSSR count). The Morgan fingerprint density at radius 1 is 1.19 bits per heavy atom. The SMILES string of the molecule is COc1cc(C(=O)Nc2ccc(N3CCOCC3)cn2)ccc1OC(C)C. The van der Waals surface area contributed by atoms with Crippen molar-refractivity contribution in [3.05, 3.63) is 42.1 Å². The number of hydrogen-bond acceptors (Lipinski definition) is 6. The number of nitrogens with one attached hydrogen (secondary N) is 1. The summed E-state index contributed by atoms with van der Waals surface area (Å²) >= 11 is 0. The minimum atomic E-state index is -0.254. The molecule has 0 unspecified atom stereocenters. The minimum Gasteiger partial charge on any atom is -0.493 e. The molecule has 2 heterocycles. The standard InChI is InChI=1S/C20H25N3O4/c1-14(2)27-17-6-4-15(12-18(17)25-3)20(24)22-19-7-5-16(13-21-19)23-8-10-26-11-9-23/h4-7,12-14H,8-11H2,1-3H3,(H,21,22,24). The van der Waals surface area contributed by atoms with Crippen molar-refractivity contribution < 1.29 is 19.0 Å². The van der Waals surface area contributed by atoms with Crippen molar-refractivity contribution in [2.24, 2.45) is 0 Å². The van der Waals surface area contributed by atoms with Gasteiger partial charge in [0.05, 0.1) is 38.3 Å². The van der Waals surface area contributed by atoms with Crippen molar-refractivity contribution in [2.45, 2.75) is 20.0 Å². The summed E-state index contributed by atoms with van der Waals surface area (Å²) in [5.41, 5.74) is 1.50. The molecule has 0 spiro atoms. The monoisotopic (exact) mass is 371 g/mol. The van der Waals surface area contributed by atoms with Gasteiger partial charge in [-0.05, 0) is 44.2 Å². The summed E-state index contributed by atoms with van der Waals surface area (Å²) in [6.07, 6.45) is 1.79. The molecule has 0 radical (unpaired) electrons. The Labute approximate surface area is 159 Å². The quantitative estimate of drug-likeness (QED) is 0.842. The van der Waals surface area contributed by atoms with Gasteiger partial charge >= 0.3 is 0 Å². The summed E-state index contributed by atoms with van der Waals surface area (Å²) in [7, 11) is 1.55. The number of methoxy groups -OCH3 is 1. The zero-order valence-electron chi connectivity index (χ0n) is 15.9. The topological polar surface area (TPSA) is 72.9 Å². The molecule has 7 heteroatoms. The number of aromatic nitrogens is 1. The summed E-state index contributed by atoms with van der Waals surface area (Å²) in [6.45, 7) is 7.00. The maximum absolute atomic E-state index is 12.5. The predicted octanol–water partition coefficient (Wildman–Crippen LogP) is 2.97. The molecule has 1 N–H and O–H groups in total. The Balaban J connectivity index is 1.67. The number of carbonyl (C=O) groups excluding carboxylic acids is 1. The van der Waals surface area contributed by atoms with Gasteiger partial charge in [-0.1, -0.05) is 0 Å². The van der Waals surface area contributed by atoms with Crippen LogP contribution < -0.4 is 19.7 Å². The van der Waals surface area contributed by atoms with E-state index in [2.05, 4.69) is 15.2 Å². The van der Waals surface area contributed by atoms with E-state index in [-0.39, 0.29) is 12.0 Å². The van der Waals surface area contributed by atoms with Gasteiger partial charge in [0.15, 0.2) is 11.5 Å². The number of ether oxygens (including phenoxy) is 3. The maximum Gasteiger partial charge on any atom is 0.256 e. The van der Waals surface area contributed by atoms with Crippen LogP contribution in [-0.4, -0.2) is 50.4 Å².